The molecule has 32 heavy (non-hydrogen) atoms. The monoisotopic (exact) mass is 433 g/mol. The first kappa shape index (κ1) is 20.7. The molecule has 7 nitrogen and oxygen atoms in total. The highest BCUT2D eigenvalue weighted by Gasteiger charge is 2.40. The molecule has 3 heterocycles. The number of carbonyl (C=O) groups is 1. The van der Waals surface area contributed by atoms with Gasteiger partial charge in [-0.25, -0.2) is 4.98 Å². The molecule has 0 unspecified atom stereocenters. The highest BCUT2D eigenvalue weighted by Crippen LogP contribution is 2.34. The Morgan fingerprint density at radius 3 is 2.53 bits per heavy atom. The van der Waals surface area contributed by atoms with Gasteiger partial charge in [-0.15, -0.1) is 0 Å². The second kappa shape index (κ2) is 8.76. The van der Waals surface area contributed by atoms with E-state index >= 15 is 0 Å². The lowest BCUT2D eigenvalue weighted by Gasteiger charge is -2.38. The van der Waals surface area contributed by atoms with Gasteiger partial charge in [0.25, 0.3) is 5.91 Å². The normalized spacial score (nSPS) is 17.6. The molecule has 2 aromatic carbocycles. The Balaban J connectivity index is 1.30. The quantitative estimate of drug-likeness (QED) is 0.612. The summed E-state index contributed by atoms with van der Waals surface area (Å²) >= 11 is 0. The van der Waals surface area contributed by atoms with Crippen molar-refractivity contribution < 1.29 is 19.0 Å². The van der Waals surface area contributed by atoms with Crippen molar-refractivity contribution in [3.8, 4) is 5.75 Å². The largest absolute Gasteiger partial charge is 0.481 e. The summed E-state index contributed by atoms with van der Waals surface area (Å²) < 4.78 is 17.6. The number of piperidine rings is 1. The highest BCUT2D eigenvalue weighted by molar-refractivity contribution is 5.94. The van der Waals surface area contributed by atoms with E-state index in [9.17, 15) is 4.79 Å². The summed E-state index contributed by atoms with van der Waals surface area (Å²) in [6.07, 6.45) is 1.65. The number of nitrogens with zero attached hydrogens (tertiary/aromatic N) is 3. The van der Waals surface area contributed by atoms with Crippen LogP contribution in [0.25, 0.3) is 10.9 Å². The van der Waals surface area contributed by atoms with Crippen molar-refractivity contribution >= 4 is 28.3 Å². The molecule has 0 N–H and O–H groups in total. The summed E-state index contributed by atoms with van der Waals surface area (Å²) in [5, 5.41) is 0.978. The third kappa shape index (κ3) is 4.13. The Morgan fingerprint density at radius 2 is 1.78 bits per heavy atom. The third-order valence-corrected chi connectivity index (χ3v) is 6.20. The molecular weight excluding hydrogens is 406 g/mol. The van der Waals surface area contributed by atoms with E-state index in [1.165, 1.54) is 0 Å². The van der Waals surface area contributed by atoms with Crippen LogP contribution in [-0.2, 0) is 14.3 Å². The Labute approximate surface area is 187 Å². The summed E-state index contributed by atoms with van der Waals surface area (Å²) in [6.45, 7) is 2.93. The minimum atomic E-state index is -0.410. The van der Waals surface area contributed by atoms with E-state index in [0.29, 0.717) is 19.0 Å². The number of amides is 1. The summed E-state index contributed by atoms with van der Waals surface area (Å²) in [4.78, 5) is 21.4. The van der Waals surface area contributed by atoms with Gasteiger partial charge in [0, 0.05) is 44.1 Å². The van der Waals surface area contributed by atoms with Gasteiger partial charge in [0.1, 0.15) is 17.1 Å². The van der Waals surface area contributed by atoms with Crippen LogP contribution < -0.4 is 14.5 Å². The molecule has 166 valence electrons. The molecule has 0 bridgehead atoms. The van der Waals surface area contributed by atoms with Crippen molar-refractivity contribution in [3.63, 3.8) is 0 Å². The number of hydrogen-bond donors (Lipinski definition) is 0. The first-order chi connectivity index (χ1) is 15.6. The van der Waals surface area contributed by atoms with Crippen molar-refractivity contribution in [2.24, 2.45) is 0 Å². The molecule has 0 aliphatic carbocycles. The fourth-order valence-corrected chi connectivity index (χ4v) is 4.30. The lowest BCUT2D eigenvalue weighted by Crippen LogP contribution is -2.45. The number of benzene rings is 2. The fourth-order valence-electron chi connectivity index (χ4n) is 4.30. The predicted octanol–water partition coefficient (Wildman–Crippen LogP) is 3.62. The van der Waals surface area contributed by atoms with Crippen LogP contribution in [0.4, 0.5) is 11.5 Å². The number of rotatable bonds is 5. The van der Waals surface area contributed by atoms with E-state index in [2.05, 4.69) is 11.0 Å². The zero-order chi connectivity index (χ0) is 22.0. The smallest absolute Gasteiger partial charge is 0.264 e. The summed E-state index contributed by atoms with van der Waals surface area (Å²) in [5.74, 6) is 0.971. The standard InChI is InChI=1S/C25H27N3O4/c1-27(20-7-3-2-4-8-20)23(29)18-30-21-9-5-6-19-10-11-22(26-24(19)21)28-14-12-25(13-15-28)31-16-17-32-25/h2-11H,12-18H2,1H3. The maximum absolute atomic E-state index is 12.6. The molecule has 0 radical (unpaired) electrons. The van der Waals surface area contributed by atoms with E-state index in [1.54, 1.807) is 11.9 Å². The van der Waals surface area contributed by atoms with Crippen LogP contribution in [0.2, 0.25) is 0 Å². The number of fused-ring (bicyclic) bond motifs is 1. The number of pyridine rings is 1. The average Bonchev–Trinajstić information content (AvgIpc) is 3.30. The molecule has 1 amide bonds. The van der Waals surface area contributed by atoms with Gasteiger partial charge in [0.2, 0.25) is 0 Å². The Kier molecular flexibility index (Phi) is 5.68. The SMILES string of the molecule is CN(C(=O)COc1cccc2ccc(N3CCC4(CC3)OCCO4)nc12)c1ccccc1. The minimum absolute atomic E-state index is 0.0582. The van der Waals surface area contributed by atoms with Crippen LogP contribution in [0.5, 0.6) is 5.75 Å². The third-order valence-electron chi connectivity index (χ3n) is 6.20. The van der Waals surface area contributed by atoms with Crippen molar-refractivity contribution in [2.45, 2.75) is 18.6 Å². The van der Waals surface area contributed by atoms with Crippen LogP contribution in [0.15, 0.2) is 60.7 Å². The zero-order valence-electron chi connectivity index (χ0n) is 18.2. The predicted molar refractivity (Wildman–Crippen MR) is 123 cm³/mol. The minimum Gasteiger partial charge on any atom is -0.481 e. The topological polar surface area (TPSA) is 64.1 Å². The maximum Gasteiger partial charge on any atom is 0.264 e. The van der Waals surface area contributed by atoms with Gasteiger partial charge in [0.05, 0.1) is 13.2 Å². The van der Waals surface area contributed by atoms with Crippen LogP contribution in [-0.4, -0.2) is 56.6 Å². The van der Waals surface area contributed by atoms with Gasteiger partial charge in [-0.3, -0.25) is 4.79 Å². The van der Waals surface area contributed by atoms with Gasteiger partial charge >= 0.3 is 0 Å². The van der Waals surface area contributed by atoms with Gasteiger partial charge in [-0.2, -0.15) is 0 Å². The molecule has 7 heteroatoms. The summed E-state index contributed by atoms with van der Waals surface area (Å²) in [5.41, 5.74) is 1.59. The fraction of sp³-hybridized carbons (Fsp3) is 0.360. The van der Waals surface area contributed by atoms with Gasteiger partial charge in [0.15, 0.2) is 12.4 Å². The second-order valence-electron chi connectivity index (χ2n) is 8.17. The van der Waals surface area contributed by atoms with Gasteiger partial charge < -0.3 is 24.0 Å². The number of anilines is 2. The number of ether oxygens (including phenoxy) is 3. The molecule has 2 fully saturated rings. The maximum atomic E-state index is 12.6. The molecule has 1 spiro atoms. The first-order valence-corrected chi connectivity index (χ1v) is 11.0. The highest BCUT2D eigenvalue weighted by atomic mass is 16.7. The molecule has 0 saturated carbocycles. The summed E-state index contributed by atoms with van der Waals surface area (Å²) in [7, 11) is 1.75. The van der Waals surface area contributed by atoms with E-state index in [0.717, 1.165) is 48.3 Å². The van der Waals surface area contributed by atoms with Crippen LogP contribution in [0.3, 0.4) is 0 Å². The molecule has 2 aliphatic heterocycles. The second-order valence-corrected chi connectivity index (χ2v) is 8.17. The van der Waals surface area contributed by atoms with Crippen molar-refractivity contribution in [2.75, 3.05) is 49.8 Å². The molecule has 0 atom stereocenters. The number of carbonyl (C=O) groups excluding carboxylic acids is 1. The zero-order valence-corrected chi connectivity index (χ0v) is 18.2. The van der Waals surface area contributed by atoms with Crippen LogP contribution in [0, 0.1) is 0 Å². The molecule has 5 rings (SSSR count). The van der Waals surface area contributed by atoms with Crippen molar-refractivity contribution in [3.05, 3.63) is 60.7 Å². The molecule has 2 saturated heterocycles. The van der Waals surface area contributed by atoms with Crippen molar-refractivity contribution in [1.29, 1.82) is 0 Å². The average molecular weight is 434 g/mol. The summed E-state index contributed by atoms with van der Waals surface area (Å²) in [6, 6.07) is 19.4. The molecule has 3 aromatic rings. The van der Waals surface area contributed by atoms with Crippen LogP contribution >= 0.6 is 0 Å². The molecule has 2 aliphatic rings. The van der Waals surface area contributed by atoms with Crippen molar-refractivity contribution in [1.82, 2.24) is 4.98 Å². The van der Waals surface area contributed by atoms with Gasteiger partial charge in [-0.05, 0) is 30.3 Å². The van der Waals surface area contributed by atoms with E-state index < -0.39 is 5.79 Å². The lowest BCUT2D eigenvalue weighted by atomic mass is 10.0. The number of hydrogen-bond acceptors (Lipinski definition) is 6. The molecular formula is C25H27N3O4. The van der Waals surface area contributed by atoms with E-state index in [4.69, 9.17) is 19.2 Å². The Hall–Kier alpha value is -3.16. The first-order valence-electron chi connectivity index (χ1n) is 11.0. The van der Waals surface area contributed by atoms with Gasteiger partial charge in [-0.1, -0.05) is 30.3 Å². The Morgan fingerprint density at radius 1 is 1.03 bits per heavy atom. The number of aromatic nitrogens is 1. The van der Waals surface area contributed by atoms with Crippen LogP contribution in [0.1, 0.15) is 12.8 Å². The number of likely N-dealkylation sites (N-methyl/N-ethyl adjacent to an activating group) is 1. The van der Waals surface area contributed by atoms with E-state index in [1.807, 2.05) is 54.6 Å². The lowest BCUT2D eigenvalue weighted by molar-refractivity contribution is -0.169. The molecule has 1 aromatic heterocycles. The number of para-hydroxylation sites is 2. The Bertz CT molecular complexity index is 1090. The van der Waals surface area contributed by atoms with E-state index in [-0.39, 0.29) is 12.5 Å².